The number of rotatable bonds is 4. The summed E-state index contributed by atoms with van der Waals surface area (Å²) >= 11 is 1.68. The highest BCUT2D eigenvalue weighted by atomic mass is 32.1. The number of aryl methyl sites for hydroxylation is 1. The largest absolute Gasteiger partial charge is 0.373 e. The Labute approximate surface area is 92.9 Å². The van der Waals surface area contributed by atoms with Crippen LogP contribution in [-0.2, 0) is 11.3 Å². The SMILES string of the molecule is Cc1cccc2sc(COCCN)nc12. The minimum absolute atomic E-state index is 0.559. The molecule has 3 nitrogen and oxygen atoms in total. The summed E-state index contributed by atoms with van der Waals surface area (Å²) in [6.07, 6.45) is 0. The highest BCUT2D eigenvalue weighted by Crippen LogP contribution is 2.24. The number of nitrogens with two attached hydrogens (primary N) is 1. The van der Waals surface area contributed by atoms with E-state index >= 15 is 0 Å². The fraction of sp³-hybridized carbons (Fsp3) is 0.364. The van der Waals surface area contributed by atoms with E-state index in [9.17, 15) is 0 Å². The summed E-state index contributed by atoms with van der Waals surface area (Å²) in [6, 6.07) is 6.22. The molecule has 2 aromatic rings. The molecular weight excluding hydrogens is 208 g/mol. The third kappa shape index (κ3) is 2.34. The van der Waals surface area contributed by atoms with E-state index in [2.05, 4.69) is 30.1 Å². The summed E-state index contributed by atoms with van der Waals surface area (Å²) in [5.74, 6) is 0. The number of hydrogen-bond donors (Lipinski definition) is 1. The van der Waals surface area contributed by atoms with Gasteiger partial charge in [-0.2, -0.15) is 0 Å². The van der Waals surface area contributed by atoms with Crippen LogP contribution in [0.1, 0.15) is 10.6 Å². The monoisotopic (exact) mass is 222 g/mol. The molecule has 0 spiro atoms. The van der Waals surface area contributed by atoms with Crippen molar-refractivity contribution in [1.29, 1.82) is 0 Å². The minimum atomic E-state index is 0.559. The molecule has 0 amide bonds. The topological polar surface area (TPSA) is 48.1 Å². The van der Waals surface area contributed by atoms with E-state index in [0.29, 0.717) is 19.8 Å². The molecule has 2 N–H and O–H groups in total. The first-order chi connectivity index (χ1) is 7.31. The molecule has 1 heterocycles. The molecule has 0 saturated carbocycles. The van der Waals surface area contributed by atoms with Crippen LogP contribution in [0.5, 0.6) is 0 Å². The Bertz CT molecular complexity index is 453. The van der Waals surface area contributed by atoms with Crippen molar-refractivity contribution < 1.29 is 4.74 Å². The van der Waals surface area contributed by atoms with Crippen LogP contribution in [0.4, 0.5) is 0 Å². The van der Waals surface area contributed by atoms with Crippen LogP contribution in [0.2, 0.25) is 0 Å². The first-order valence-corrected chi connectivity index (χ1v) is 5.76. The molecule has 0 radical (unpaired) electrons. The fourth-order valence-electron chi connectivity index (χ4n) is 1.44. The lowest BCUT2D eigenvalue weighted by Gasteiger charge is -1.96. The average molecular weight is 222 g/mol. The van der Waals surface area contributed by atoms with Crippen molar-refractivity contribution in [3.63, 3.8) is 0 Å². The van der Waals surface area contributed by atoms with Gasteiger partial charge in [0.1, 0.15) is 5.01 Å². The number of fused-ring (bicyclic) bond motifs is 1. The molecule has 0 fully saturated rings. The highest BCUT2D eigenvalue weighted by molar-refractivity contribution is 7.18. The number of thiazole rings is 1. The van der Waals surface area contributed by atoms with E-state index < -0.39 is 0 Å². The van der Waals surface area contributed by atoms with Crippen molar-refractivity contribution in [2.45, 2.75) is 13.5 Å². The van der Waals surface area contributed by atoms with Gasteiger partial charge in [0.2, 0.25) is 0 Å². The van der Waals surface area contributed by atoms with Crippen LogP contribution >= 0.6 is 11.3 Å². The molecule has 4 heteroatoms. The summed E-state index contributed by atoms with van der Waals surface area (Å²) in [5.41, 5.74) is 7.66. The predicted octanol–water partition coefficient (Wildman–Crippen LogP) is 2.08. The number of benzene rings is 1. The normalized spacial score (nSPS) is 11.1. The van der Waals surface area contributed by atoms with Crippen molar-refractivity contribution in [1.82, 2.24) is 4.98 Å². The van der Waals surface area contributed by atoms with Crippen LogP contribution in [0.15, 0.2) is 18.2 Å². The van der Waals surface area contributed by atoms with Crippen molar-refractivity contribution in [2.75, 3.05) is 13.2 Å². The Hall–Kier alpha value is -0.970. The first-order valence-electron chi connectivity index (χ1n) is 4.94. The molecule has 0 bridgehead atoms. The lowest BCUT2D eigenvalue weighted by Crippen LogP contribution is -2.07. The van der Waals surface area contributed by atoms with E-state index in [1.165, 1.54) is 10.3 Å². The second kappa shape index (κ2) is 4.70. The molecule has 0 aliphatic rings. The third-order valence-electron chi connectivity index (χ3n) is 2.15. The second-order valence-electron chi connectivity index (χ2n) is 3.37. The Morgan fingerprint density at radius 1 is 1.47 bits per heavy atom. The molecule has 80 valence electrons. The van der Waals surface area contributed by atoms with Gasteiger partial charge in [-0.1, -0.05) is 12.1 Å². The molecule has 1 aromatic carbocycles. The number of ether oxygens (including phenoxy) is 1. The van der Waals surface area contributed by atoms with Crippen LogP contribution in [0.25, 0.3) is 10.2 Å². The van der Waals surface area contributed by atoms with Gasteiger partial charge in [0.05, 0.1) is 23.4 Å². The lowest BCUT2D eigenvalue weighted by molar-refractivity contribution is 0.128. The maximum atomic E-state index is 5.36. The Morgan fingerprint density at radius 2 is 2.33 bits per heavy atom. The number of nitrogens with zero attached hydrogens (tertiary/aromatic N) is 1. The molecule has 2 rings (SSSR count). The zero-order valence-electron chi connectivity index (χ0n) is 8.69. The van der Waals surface area contributed by atoms with Crippen LogP contribution < -0.4 is 5.73 Å². The number of para-hydroxylation sites is 1. The fourth-order valence-corrected chi connectivity index (χ4v) is 2.42. The quantitative estimate of drug-likeness (QED) is 0.806. The average Bonchev–Trinajstić information content (AvgIpc) is 2.63. The maximum absolute atomic E-state index is 5.36. The van der Waals surface area contributed by atoms with E-state index in [1.807, 2.05) is 0 Å². The van der Waals surface area contributed by atoms with Crippen molar-refractivity contribution in [2.24, 2.45) is 5.73 Å². The summed E-state index contributed by atoms with van der Waals surface area (Å²) < 4.78 is 6.58. The first kappa shape index (κ1) is 10.5. The smallest absolute Gasteiger partial charge is 0.120 e. The van der Waals surface area contributed by atoms with Crippen LogP contribution in [0, 0.1) is 6.92 Å². The van der Waals surface area contributed by atoms with Gasteiger partial charge < -0.3 is 10.5 Å². The molecule has 0 aliphatic carbocycles. The molecule has 0 unspecified atom stereocenters. The van der Waals surface area contributed by atoms with E-state index in [0.717, 1.165) is 10.5 Å². The van der Waals surface area contributed by atoms with Crippen molar-refractivity contribution in [3.05, 3.63) is 28.8 Å². The van der Waals surface area contributed by atoms with E-state index in [4.69, 9.17) is 10.5 Å². The highest BCUT2D eigenvalue weighted by Gasteiger charge is 2.05. The van der Waals surface area contributed by atoms with Gasteiger partial charge in [0.25, 0.3) is 0 Å². The molecule has 0 saturated heterocycles. The van der Waals surface area contributed by atoms with E-state index in [-0.39, 0.29) is 0 Å². The summed E-state index contributed by atoms with van der Waals surface area (Å²) in [7, 11) is 0. The van der Waals surface area contributed by atoms with Crippen LogP contribution in [-0.4, -0.2) is 18.1 Å². The lowest BCUT2D eigenvalue weighted by atomic mass is 10.2. The van der Waals surface area contributed by atoms with Gasteiger partial charge >= 0.3 is 0 Å². The van der Waals surface area contributed by atoms with Gasteiger partial charge in [0.15, 0.2) is 0 Å². The van der Waals surface area contributed by atoms with Crippen LogP contribution in [0.3, 0.4) is 0 Å². The molecule has 1 aromatic heterocycles. The minimum Gasteiger partial charge on any atom is -0.373 e. The molecule has 15 heavy (non-hydrogen) atoms. The van der Waals surface area contributed by atoms with Gasteiger partial charge in [-0.25, -0.2) is 4.98 Å². The summed E-state index contributed by atoms with van der Waals surface area (Å²) in [4.78, 5) is 4.54. The third-order valence-corrected chi connectivity index (χ3v) is 3.15. The standard InChI is InChI=1S/C11H14N2OS/c1-8-3-2-4-9-11(8)13-10(15-9)7-14-6-5-12/h2-4H,5-7,12H2,1H3. The van der Waals surface area contributed by atoms with E-state index in [1.54, 1.807) is 11.3 Å². The zero-order chi connectivity index (χ0) is 10.7. The molecule has 0 atom stereocenters. The summed E-state index contributed by atoms with van der Waals surface area (Å²) in [5, 5.41) is 1.02. The molecular formula is C11H14N2OS. The Balaban J connectivity index is 2.20. The Kier molecular flexibility index (Phi) is 3.30. The van der Waals surface area contributed by atoms with Gasteiger partial charge in [-0.05, 0) is 18.6 Å². The maximum Gasteiger partial charge on any atom is 0.120 e. The van der Waals surface area contributed by atoms with Gasteiger partial charge in [-0.3, -0.25) is 0 Å². The van der Waals surface area contributed by atoms with Crippen molar-refractivity contribution in [3.8, 4) is 0 Å². The number of hydrogen-bond acceptors (Lipinski definition) is 4. The predicted molar refractivity (Wildman–Crippen MR) is 63.1 cm³/mol. The van der Waals surface area contributed by atoms with Crippen molar-refractivity contribution >= 4 is 21.6 Å². The van der Waals surface area contributed by atoms with Gasteiger partial charge in [-0.15, -0.1) is 11.3 Å². The Morgan fingerprint density at radius 3 is 3.07 bits per heavy atom. The summed E-state index contributed by atoms with van der Waals surface area (Å²) in [6.45, 7) is 3.79. The molecule has 0 aliphatic heterocycles. The zero-order valence-corrected chi connectivity index (χ0v) is 9.51. The van der Waals surface area contributed by atoms with Gasteiger partial charge in [0, 0.05) is 6.54 Å². The second-order valence-corrected chi connectivity index (χ2v) is 4.49. The number of aromatic nitrogens is 1.